The molecule has 0 saturated carbocycles. The lowest BCUT2D eigenvalue weighted by Crippen LogP contribution is -2.39. The number of nitrogens with zero attached hydrogens (tertiary/aromatic N) is 3. The van der Waals surface area contributed by atoms with E-state index >= 15 is 0 Å². The largest absolute Gasteiger partial charge is 0.391 e. The normalized spacial score (nSPS) is 19.3. The monoisotopic (exact) mass is 443 g/mol. The molecule has 1 aromatic heterocycles. The highest BCUT2D eigenvalue weighted by atomic mass is 19.4. The molecular formula is C23H24F3N5O. The van der Waals surface area contributed by atoms with Crippen LogP contribution in [0.15, 0.2) is 42.6 Å². The van der Waals surface area contributed by atoms with Crippen LogP contribution in [0.3, 0.4) is 0 Å². The van der Waals surface area contributed by atoms with E-state index in [9.17, 15) is 18.0 Å². The van der Waals surface area contributed by atoms with Crippen molar-refractivity contribution in [3.8, 4) is 0 Å². The molecule has 2 amide bonds. The first-order valence-electron chi connectivity index (χ1n) is 10.8. The van der Waals surface area contributed by atoms with Gasteiger partial charge in [-0.2, -0.15) is 18.3 Å². The van der Waals surface area contributed by atoms with Crippen LogP contribution >= 0.6 is 0 Å². The molecule has 1 fully saturated rings. The van der Waals surface area contributed by atoms with Gasteiger partial charge in [0.05, 0.1) is 29.4 Å². The second kappa shape index (κ2) is 7.72. The molecule has 2 aromatic carbocycles. The quantitative estimate of drug-likeness (QED) is 0.604. The summed E-state index contributed by atoms with van der Waals surface area (Å²) in [6.45, 7) is 0.782. The molecule has 0 bridgehead atoms. The number of carbonyl (C=O) groups excluding carboxylic acids is 1. The maximum absolute atomic E-state index is 13.0. The van der Waals surface area contributed by atoms with E-state index in [4.69, 9.17) is 5.73 Å². The number of primary amides is 1. The Morgan fingerprint density at radius 1 is 1.16 bits per heavy atom. The van der Waals surface area contributed by atoms with E-state index in [1.165, 1.54) is 0 Å². The number of benzene rings is 2. The van der Waals surface area contributed by atoms with Gasteiger partial charge in [-0.05, 0) is 61.1 Å². The number of H-pyrrole nitrogens is 1. The number of aromatic nitrogens is 2. The van der Waals surface area contributed by atoms with Crippen LogP contribution in [0.4, 0.5) is 29.3 Å². The predicted octanol–water partition coefficient (Wildman–Crippen LogP) is 4.91. The number of aromatic amines is 1. The average Bonchev–Trinajstić information content (AvgIpc) is 3.41. The number of aryl methyl sites for hydroxylation is 1. The van der Waals surface area contributed by atoms with Gasteiger partial charge in [-0.3, -0.25) is 10.00 Å². The smallest absolute Gasteiger partial charge is 0.371 e. The zero-order valence-electron chi connectivity index (χ0n) is 17.4. The lowest BCUT2D eigenvalue weighted by Gasteiger charge is -2.35. The van der Waals surface area contributed by atoms with Gasteiger partial charge in [-0.25, -0.2) is 4.79 Å². The van der Waals surface area contributed by atoms with Crippen LogP contribution < -0.4 is 15.5 Å². The molecule has 1 saturated heterocycles. The van der Waals surface area contributed by atoms with E-state index < -0.39 is 18.1 Å². The Bertz CT molecular complexity index is 1150. The van der Waals surface area contributed by atoms with E-state index in [0.29, 0.717) is 18.8 Å². The molecule has 3 aromatic rings. The van der Waals surface area contributed by atoms with Gasteiger partial charge in [0.25, 0.3) is 0 Å². The maximum atomic E-state index is 13.0. The molecule has 1 aliphatic heterocycles. The number of alkyl halides is 3. The summed E-state index contributed by atoms with van der Waals surface area (Å²) in [6.07, 6.45) is -0.692. The Hall–Kier alpha value is -3.23. The van der Waals surface area contributed by atoms with Crippen molar-refractivity contribution in [3.05, 3.63) is 53.7 Å². The summed E-state index contributed by atoms with van der Waals surface area (Å²) in [7, 11) is 0. The van der Waals surface area contributed by atoms with Crippen molar-refractivity contribution in [2.24, 2.45) is 11.7 Å². The Morgan fingerprint density at radius 3 is 2.66 bits per heavy atom. The number of fused-ring (bicyclic) bond motifs is 2. The molecule has 1 atom stereocenters. The molecule has 1 aliphatic carbocycles. The number of hydrogen-bond acceptors (Lipinski definition) is 3. The zero-order chi connectivity index (χ0) is 22.5. The first-order valence-corrected chi connectivity index (χ1v) is 10.8. The third-order valence-electron chi connectivity index (χ3n) is 6.77. The van der Waals surface area contributed by atoms with Gasteiger partial charge >= 0.3 is 12.2 Å². The SMILES string of the molecule is NC(=O)N(c1cccc2[nH]ncc12)C1CCc2cc(N3CCC(C(F)(F)F)CC3)ccc21. The summed E-state index contributed by atoms with van der Waals surface area (Å²) in [5.41, 5.74) is 10.4. The van der Waals surface area contributed by atoms with Gasteiger partial charge in [0.2, 0.25) is 0 Å². The highest BCUT2D eigenvalue weighted by Crippen LogP contribution is 2.42. The third kappa shape index (κ3) is 3.55. The minimum atomic E-state index is -4.12. The van der Waals surface area contributed by atoms with Gasteiger partial charge in [-0.1, -0.05) is 12.1 Å². The highest BCUT2D eigenvalue weighted by Gasteiger charge is 2.41. The van der Waals surface area contributed by atoms with Crippen molar-refractivity contribution in [2.45, 2.75) is 37.9 Å². The molecule has 168 valence electrons. The fourth-order valence-corrected chi connectivity index (χ4v) is 5.11. The van der Waals surface area contributed by atoms with Crippen molar-refractivity contribution in [3.63, 3.8) is 0 Å². The van der Waals surface area contributed by atoms with E-state index in [0.717, 1.165) is 40.6 Å². The lowest BCUT2D eigenvalue weighted by molar-refractivity contribution is -0.179. The molecule has 0 spiro atoms. The second-order valence-corrected chi connectivity index (χ2v) is 8.56. The Kier molecular flexibility index (Phi) is 4.98. The summed E-state index contributed by atoms with van der Waals surface area (Å²) in [5.74, 6) is -1.22. The van der Waals surface area contributed by atoms with Crippen molar-refractivity contribution in [2.75, 3.05) is 22.9 Å². The molecule has 2 heterocycles. The molecule has 32 heavy (non-hydrogen) atoms. The minimum absolute atomic E-state index is 0.118. The fraction of sp³-hybridized carbons (Fsp3) is 0.391. The molecule has 3 N–H and O–H groups in total. The topological polar surface area (TPSA) is 78.2 Å². The molecule has 0 radical (unpaired) electrons. The van der Waals surface area contributed by atoms with Gasteiger partial charge in [-0.15, -0.1) is 0 Å². The molecule has 9 heteroatoms. The predicted molar refractivity (Wildman–Crippen MR) is 117 cm³/mol. The third-order valence-corrected chi connectivity index (χ3v) is 6.77. The van der Waals surface area contributed by atoms with Crippen LogP contribution in [0.1, 0.15) is 36.4 Å². The average molecular weight is 443 g/mol. The Morgan fingerprint density at radius 2 is 1.94 bits per heavy atom. The second-order valence-electron chi connectivity index (χ2n) is 8.56. The first kappa shape index (κ1) is 20.7. The maximum Gasteiger partial charge on any atom is 0.391 e. The number of rotatable bonds is 3. The van der Waals surface area contributed by atoms with Gasteiger partial charge in [0.1, 0.15) is 0 Å². The summed E-state index contributed by atoms with van der Waals surface area (Å²) in [6, 6.07) is 10.9. The van der Waals surface area contributed by atoms with Crippen molar-refractivity contribution >= 4 is 28.3 Å². The Balaban J connectivity index is 1.41. The first-order chi connectivity index (χ1) is 15.3. The van der Waals surface area contributed by atoms with E-state index in [2.05, 4.69) is 16.3 Å². The van der Waals surface area contributed by atoms with Crippen molar-refractivity contribution in [1.29, 1.82) is 0 Å². The number of nitrogens with one attached hydrogen (secondary N) is 1. The molecular weight excluding hydrogens is 419 g/mol. The van der Waals surface area contributed by atoms with Crippen LogP contribution in [0.25, 0.3) is 10.9 Å². The number of urea groups is 1. The van der Waals surface area contributed by atoms with Crippen LogP contribution in [0.5, 0.6) is 0 Å². The van der Waals surface area contributed by atoms with Crippen LogP contribution in [0.2, 0.25) is 0 Å². The van der Waals surface area contributed by atoms with Gasteiger partial charge in [0.15, 0.2) is 0 Å². The van der Waals surface area contributed by atoms with Crippen LogP contribution in [-0.2, 0) is 6.42 Å². The van der Waals surface area contributed by atoms with Gasteiger partial charge in [0, 0.05) is 24.2 Å². The summed E-state index contributed by atoms with van der Waals surface area (Å²) < 4.78 is 39.0. The molecule has 1 unspecified atom stereocenters. The number of halogens is 3. The Labute approximate surface area is 183 Å². The van der Waals surface area contributed by atoms with E-state index in [-0.39, 0.29) is 18.9 Å². The number of amides is 2. The molecule has 2 aliphatic rings. The van der Waals surface area contributed by atoms with Gasteiger partial charge < -0.3 is 10.6 Å². The summed E-state index contributed by atoms with van der Waals surface area (Å²) in [5, 5.41) is 7.82. The number of anilines is 2. The van der Waals surface area contributed by atoms with E-state index in [1.54, 1.807) is 11.1 Å². The lowest BCUT2D eigenvalue weighted by atomic mass is 9.95. The summed E-state index contributed by atoms with van der Waals surface area (Å²) >= 11 is 0. The van der Waals surface area contributed by atoms with E-state index in [1.807, 2.05) is 35.2 Å². The van der Waals surface area contributed by atoms with Crippen molar-refractivity contribution in [1.82, 2.24) is 10.2 Å². The highest BCUT2D eigenvalue weighted by molar-refractivity contribution is 6.02. The number of carbonyl (C=O) groups is 1. The molecule has 6 nitrogen and oxygen atoms in total. The molecule has 5 rings (SSSR count). The minimum Gasteiger partial charge on any atom is -0.371 e. The van der Waals surface area contributed by atoms with Crippen molar-refractivity contribution < 1.29 is 18.0 Å². The number of nitrogens with two attached hydrogens (primary N) is 1. The van der Waals surface area contributed by atoms with Crippen LogP contribution in [0, 0.1) is 5.92 Å². The van der Waals surface area contributed by atoms with Crippen LogP contribution in [-0.4, -0.2) is 35.5 Å². The zero-order valence-corrected chi connectivity index (χ0v) is 17.4. The fourth-order valence-electron chi connectivity index (χ4n) is 5.11. The number of piperidine rings is 1. The summed E-state index contributed by atoms with van der Waals surface area (Å²) in [4.78, 5) is 16.2. The number of hydrogen-bond donors (Lipinski definition) is 2. The standard InChI is InChI=1S/C23H24F3N5O/c24-23(25,26)15-8-10-30(11-9-15)16-5-6-17-14(12-16)4-7-21(17)31(22(27)32)20-3-1-2-19-18(20)13-28-29-19/h1-3,5-6,12-13,15,21H,4,7-11H2,(H2,27,32)(H,28,29).